The molecule has 0 N–H and O–H groups in total. The molecule has 0 atom stereocenters. The van der Waals surface area contributed by atoms with Gasteiger partial charge in [-0.2, -0.15) is 0 Å². The molecule has 0 bridgehead atoms. The molecule has 0 saturated heterocycles. The Labute approximate surface area is 90.2 Å². The number of carbonyl (C=O) groups excluding carboxylic acids is 1. The number of benzene rings is 1. The zero-order valence-electron chi connectivity index (χ0n) is 7.72. The summed E-state index contributed by atoms with van der Waals surface area (Å²) in [5.74, 6) is -0.405. The summed E-state index contributed by atoms with van der Waals surface area (Å²) in [5.41, 5.74) is 1.22. The van der Waals surface area contributed by atoms with Gasteiger partial charge in [-0.25, -0.2) is 4.79 Å². The van der Waals surface area contributed by atoms with Gasteiger partial charge in [0.15, 0.2) is 0 Å². The van der Waals surface area contributed by atoms with Gasteiger partial charge in [0.05, 0.1) is 19.3 Å². The lowest BCUT2D eigenvalue weighted by Gasteiger charge is -2.04. The van der Waals surface area contributed by atoms with Crippen molar-refractivity contribution < 1.29 is 13.9 Å². The van der Waals surface area contributed by atoms with Gasteiger partial charge in [0.2, 0.25) is 0 Å². The van der Waals surface area contributed by atoms with E-state index in [9.17, 15) is 9.18 Å². The molecule has 76 valence electrons. The van der Waals surface area contributed by atoms with Gasteiger partial charge in [-0.05, 0) is 23.8 Å². The molecule has 14 heavy (non-hydrogen) atoms. The molecule has 0 heterocycles. The topological polar surface area (TPSA) is 26.3 Å². The number of ether oxygens (including phenoxy) is 1. The minimum Gasteiger partial charge on any atom is -0.465 e. The van der Waals surface area contributed by atoms with Crippen LogP contribution in [0, 0.1) is 0 Å². The Balaban J connectivity index is 2.99. The first kappa shape index (κ1) is 11.2. The van der Waals surface area contributed by atoms with Crippen LogP contribution in [-0.4, -0.2) is 19.8 Å². The highest BCUT2D eigenvalue weighted by atomic mass is 79.9. The van der Waals surface area contributed by atoms with Crippen molar-refractivity contribution in [1.29, 1.82) is 0 Å². The van der Waals surface area contributed by atoms with Crippen LogP contribution in [0.25, 0.3) is 0 Å². The van der Waals surface area contributed by atoms with Crippen LogP contribution in [0.1, 0.15) is 15.9 Å². The largest absolute Gasteiger partial charge is 0.465 e. The summed E-state index contributed by atoms with van der Waals surface area (Å²) in [4.78, 5) is 11.1. The molecule has 0 aromatic heterocycles. The van der Waals surface area contributed by atoms with Crippen molar-refractivity contribution in [2.24, 2.45) is 0 Å². The molecule has 1 aromatic carbocycles. The van der Waals surface area contributed by atoms with E-state index in [1.807, 2.05) is 0 Å². The fraction of sp³-hybridized carbons (Fsp3) is 0.300. The number of halogens is 2. The number of rotatable bonds is 3. The Kier molecular flexibility index (Phi) is 4.07. The first-order chi connectivity index (χ1) is 6.69. The predicted molar refractivity (Wildman–Crippen MR) is 55.2 cm³/mol. The number of hydrogen-bond acceptors (Lipinski definition) is 2. The Morgan fingerprint density at radius 2 is 2.29 bits per heavy atom. The van der Waals surface area contributed by atoms with E-state index in [2.05, 4.69) is 20.7 Å². The van der Waals surface area contributed by atoms with Gasteiger partial charge in [-0.1, -0.05) is 15.9 Å². The van der Waals surface area contributed by atoms with E-state index in [1.54, 1.807) is 18.2 Å². The zero-order chi connectivity index (χ0) is 10.6. The van der Waals surface area contributed by atoms with E-state index in [1.165, 1.54) is 7.11 Å². The summed E-state index contributed by atoms with van der Waals surface area (Å²) in [5, 5.41) is 0. The molecule has 4 heteroatoms. The molecular formula is C10H10BrFO2. The van der Waals surface area contributed by atoms with Crippen molar-refractivity contribution in [2.75, 3.05) is 13.8 Å². The second-order valence-electron chi connectivity index (χ2n) is 2.74. The first-order valence-electron chi connectivity index (χ1n) is 4.11. The molecule has 0 aliphatic carbocycles. The quantitative estimate of drug-likeness (QED) is 0.782. The van der Waals surface area contributed by atoms with Crippen LogP contribution in [0.3, 0.4) is 0 Å². The van der Waals surface area contributed by atoms with Crippen LogP contribution < -0.4 is 0 Å². The van der Waals surface area contributed by atoms with Crippen molar-refractivity contribution in [1.82, 2.24) is 0 Å². The molecule has 0 radical (unpaired) electrons. The highest BCUT2D eigenvalue weighted by Crippen LogP contribution is 2.19. The van der Waals surface area contributed by atoms with Crippen LogP contribution in [0.5, 0.6) is 0 Å². The van der Waals surface area contributed by atoms with E-state index < -0.39 is 12.6 Å². The second kappa shape index (κ2) is 5.10. The molecule has 0 fully saturated rings. The lowest BCUT2D eigenvalue weighted by atomic mass is 10.1. The molecule has 0 aliphatic heterocycles. The summed E-state index contributed by atoms with van der Waals surface area (Å²) < 4.78 is 17.5. The van der Waals surface area contributed by atoms with E-state index in [-0.39, 0.29) is 0 Å². The SMILES string of the molecule is COC(=O)c1ccc(Br)c(CCF)c1. The van der Waals surface area contributed by atoms with Gasteiger partial charge in [-0.15, -0.1) is 0 Å². The van der Waals surface area contributed by atoms with Crippen LogP contribution in [-0.2, 0) is 11.2 Å². The van der Waals surface area contributed by atoms with Crippen molar-refractivity contribution in [3.05, 3.63) is 33.8 Å². The first-order valence-corrected chi connectivity index (χ1v) is 4.91. The fourth-order valence-corrected chi connectivity index (χ4v) is 1.56. The number of aryl methyl sites for hydroxylation is 1. The van der Waals surface area contributed by atoms with Crippen molar-refractivity contribution in [3.63, 3.8) is 0 Å². The molecule has 0 amide bonds. The number of carbonyl (C=O) groups is 1. The molecule has 1 aromatic rings. The number of methoxy groups -OCH3 is 1. The van der Waals surface area contributed by atoms with Gasteiger partial charge in [0.25, 0.3) is 0 Å². The minimum atomic E-state index is -0.441. The average molecular weight is 261 g/mol. The van der Waals surface area contributed by atoms with E-state index in [4.69, 9.17) is 0 Å². The van der Waals surface area contributed by atoms with E-state index in [0.717, 1.165) is 10.0 Å². The fourth-order valence-electron chi connectivity index (χ4n) is 1.11. The lowest BCUT2D eigenvalue weighted by Crippen LogP contribution is -2.02. The van der Waals surface area contributed by atoms with Crippen LogP contribution >= 0.6 is 15.9 Å². The van der Waals surface area contributed by atoms with Crippen molar-refractivity contribution in [2.45, 2.75) is 6.42 Å². The summed E-state index contributed by atoms with van der Waals surface area (Å²) in [6, 6.07) is 4.99. The molecule has 0 spiro atoms. The van der Waals surface area contributed by atoms with Gasteiger partial charge in [-0.3, -0.25) is 4.39 Å². The number of esters is 1. The maximum atomic E-state index is 12.1. The third kappa shape index (κ3) is 2.54. The number of alkyl halides is 1. The molecule has 1 rings (SSSR count). The predicted octanol–water partition coefficient (Wildman–Crippen LogP) is 2.75. The maximum Gasteiger partial charge on any atom is 0.337 e. The van der Waals surface area contributed by atoms with Crippen LogP contribution in [0.15, 0.2) is 22.7 Å². The van der Waals surface area contributed by atoms with E-state index in [0.29, 0.717) is 12.0 Å². The average Bonchev–Trinajstić information content (AvgIpc) is 2.20. The Morgan fingerprint density at radius 1 is 1.57 bits per heavy atom. The molecular weight excluding hydrogens is 251 g/mol. The van der Waals surface area contributed by atoms with Gasteiger partial charge < -0.3 is 4.74 Å². The Morgan fingerprint density at radius 3 is 2.86 bits per heavy atom. The van der Waals surface area contributed by atoms with Gasteiger partial charge in [0.1, 0.15) is 0 Å². The monoisotopic (exact) mass is 260 g/mol. The second-order valence-corrected chi connectivity index (χ2v) is 3.59. The van der Waals surface area contributed by atoms with Crippen molar-refractivity contribution >= 4 is 21.9 Å². The maximum absolute atomic E-state index is 12.1. The lowest BCUT2D eigenvalue weighted by molar-refractivity contribution is 0.0600. The van der Waals surface area contributed by atoms with Crippen LogP contribution in [0.4, 0.5) is 4.39 Å². The summed E-state index contributed by atoms with van der Waals surface area (Å²) in [7, 11) is 1.32. The molecule has 2 nitrogen and oxygen atoms in total. The molecule has 0 unspecified atom stereocenters. The Bertz CT molecular complexity index is 339. The normalized spacial score (nSPS) is 9.93. The van der Waals surface area contributed by atoms with E-state index >= 15 is 0 Å². The smallest absolute Gasteiger partial charge is 0.337 e. The Hall–Kier alpha value is -0.900. The minimum absolute atomic E-state index is 0.297. The van der Waals surface area contributed by atoms with Crippen LogP contribution in [0.2, 0.25) is 0 Å². The summed E-state index contributed by atoms with van der Waals surface area (Å²) >= 11 is 3.28. The standard InChI is InChI=1S/C10H10BrFO2/c1-14-10(13)8-2-3-9(11)7(6-8)4-5-12/h2-3,6H,4-5H2,1H3. The van der Waals surface area contributed by atoms with Gasteiger partial charge >= 0.3 is 5.97 Å². The highest BCUT2D eigenvalue weighted by molar-refractivity contribution is 9.10. The zero-order valence-corrected chi connectivity index (χ0v) is 9.30. The van der Waals surface area contributed by atoms with Gasteiger partial charge in [0, 0.05) is 10.9 Å². The molecule has 0 aliphatic rings. The third-order valence-electron chi connectivity index (χ3n) is 1.83. The summed E-state index contributed by atoms with van der Waals surface area (Å²) in [6.07, 6.45) is 0.297. The highest BCUT2D eigenvalue weighted by Gasteiger charge is 2.08. The van der Waals surface area contributed by atoms with Crippen molar-refractivity contribution in [3.8, 4) is 0 Å². The summed E-state index contributed by atoms with van der Waals surface area (Å²) in [6.45, 7) is -0.441. The third-order valence-corrected chi connectivity index (χ3v) is 2.60. The molecule has 0 saturated carbocycles. The number of hydrogen-bond donors (Lipinski definition) is 0.